The maximum atomic E-state index is 11.7. The van der Waals surface area contributed by atoms with Crippen LogP contribution in [0.25, 0.3) is 0 Å². The molecule has 0 aromatic heterocycles. The van der Waals surface area contributed by atoms with E-state index < -0.39 is 10.0 Å². The number of hydrogen-bond acceptors (Lipinski definition) is 3. The van der Waals surface area contributed by atoms with Gasteiger partial charge in [-0.25, -0.2) is 8.42 Å². The van der Waals surface area contributed by atoms with Crippen molar-refractivity contribution in [3.63, 3.8) is 0 Å². The second-order valence-electron chi connectivity index (χ2n) is 3.62. The minimum atomic E-state index is -3.39. The lowest BCUT2D eigenvalue weighted by Gasteiger charge is -2.08. The van der Waals surface area contributed by atoms with E-state index in [0.29, 0.717) is 30.0 Å². The number of nitrogens with one attached hydrogen (secondary N) is 1. The highest BCUT2D eigenvalue weighted by Gasteiger charge is 2.11. The SMILES string of the molecule is N#Cc1ccc(NS(=O)(=O)CCCCCl)cc1Cl. The molecule has 0 aliphatic heterocycles. The topological polar surface area (TPSA) is 70.0 Å². The lowest BCUT2D eigenvalue weighted by molar-refractivity contribution is 0.598. The molecule has 98 valence electrons. The van der Waals surface area contributed by atoms with E-state index in [1.165, 1.54) is 18.2 Å². The van der Waals surface area contributed by atoms with E-state index in [2.05, 4.69) is 4.72 Å². The van der Waals surface area contributed by atoms with Gasteiger partial charge in [0.15, 0.2) is 0 Å². The molecule has 1 aromatic rings. The Morgan fingerprint density at radius 2 is 2.06 bits per heavy atom. The minimum Gasteiger partial charge on any atom is -0.284 e. The Morgan fingerprint density at radius 3 is 2.61 bits per heavy atom. The Bertz CT molecular complexity index is 553. The van der Waals surface area contributed by atoms with Crippen molar-refractivity contribution in [2.24, 2.45) is 0 Å². The zero-order valence-electron chi connectivity index (χ0n) is 9.49. The molecular formula is C11H12Cl2N2O2S. The molecule has 0 aliphatic carbocycles. The van der Waals surface area contributed by atoms with Gasteiger partial charge in [-0.15, -0.1) is 11.6 Å². The third kappa shape index (κ3) is 4.73. The number of unbranched alkanes of at least 4 members (excludes halogenated alkanes) is 1. The van der Waals surface area contributed by atoms with Crippen LogP contribution < -0.4 is 4.72 Å². The fraction of sp³-hybridized carbons (Fsp3) is 0.364. The van der Waals surface area contributed by atoms with Gasteiger partial charge in [-0.3, -0.25) is 4.72 Å². The first-order valence-electron chi connectivity index (χ1n) is 5.24. The summed E-state index contributed by atoms with van der Waals surface area (Å²) in [5, 5.41) is 8.92. The Kier molecular flexibility index (Phi) is 5.73. The standard InChI is InChI=1S/C11H12Cl2N2O2S/c12-5-1-2-6-18(16,17)15-10-4-3-9(8-14)11(13)7-10/h3-4,7,15H,1-2,5-6H2. The van der Waals surface area contributed by atoms with E-state index in [-0.39, 0.29) is 10.8 Å². The normalized spacial score (nSPS) is 10.9. The zero-order chi connectivity index (χ0) is 13.6. The van der Waals surface area contributed by atoms with Crippen molar-refractivity contribution in [3.8, 4) is 6.07 Å². The van der Waals surface area contributed by atoms with Crippen molar-refractivity contribution in [1.82, 2.24) is 0 Å². The fourth-order valence-electron chi connectivity index (χ4n) is 1.29. The number of nitrogens with zero attached hydrogens (tertiary/aromatic N) is 1. The number of sulfonamides is 1. The molecule has 0 unspecified atom stereocenters. The number of halogens is 2. The van der Waals surface area contributed by atoms with Gasteiger partial charge >= 0.3 is 0 Å². The van der Waals surface area contributed by atoms with Gasteiger partial charge in [0.1, 0.15) is 6.07 Å². The second-order valence-corrected chi connectivity index (χ2v) is 6.25. The Labute approximate surface area is 117 Å². The summed E-state index contributed by atoms with van der Waals surface area (Å²) >= 11 is 11.3. The average molecular weight is 307 g/mol. The van der Waals surface area contributed by atoms with E-state index in [1.54, 1.807) is 0 Å². The maximum absolute atomic E-state index is 11.7. The maximum Gasteiger partial charge on any atom is 0.232 e. The van der Waals surface area contributed by atoms with Crippen molar-refractivity contribution in [2.45, 2.75) is 12.8 Å². The smallest absolute Gasteiger partial charge is 0.232 e. The monoisotopic (exact) mass is 306 g/mol. The van der Waals surface area contributed by atoms with Gasteiger partial charge in [0.2, 0.25) is 10.0 Å². The first-order valence-corrected chi connectivity index (χ1v) is 7.81. The number of anilines is 1. The van der Waals surface area contributed by atoms with Crippen molar-refractivity contribution in [3.05, 3.63) is 28.8 Å². The van der Waals surface area contributed by atoms with Crippen molar-refractivity contribution >= 4 is 38.9 Å². The van der Waals surface area contributed by atoms with Crippen molar-refractivity contribution in [2.75, 3.05) is 16.4 Å². The number of nitriles is 1. The Balaban J connectivity index is 2.73. The van der Waals surface area contributed by atoms with E-state index >= 15 is 0 Å². The largest absolute Gasteiger partial charge is 0.284 e. The van der Waals surface area contributed by atoms with E-state index in [0.717, 1.165) is 0 Å². The highest BCUT2D eigenvalue weighted by molar-refractivity contribution is 7.92. The van der Waals surface area contributed by atoms with Crippen LogP contribution in [0.3, 0.4) is 0 Å². The lowest BCUT2D eigenvalue weighted by Crippen LogP contribution is -2.16. The molecule has 4 nitrogen and oxygen atoms in total. The van der Waals surface area contributed by atoms with Crippen LogP contribution in [-0.2, 0) is 10.0 Å². The van der Waals surface area contributed by atoms with Crippen LogP contribution in [0.1, 0.15) is 18.4 Å². The molecule has 1 N–H and O–H groups in total. The van der Waals surface area contributed by atoms with E-state index in [9.17, 15) is 8.42 Å². The molecule has 0 saturated heterocycles. The van der Waals surface area contributed by atoms with Crippen LogP contribution in [-0.4, -0.2) is 20.1 Å². The van der Waals surface area contributed by atoms with Gasteiger partial charge in [0.25, 0.3) is 0 Å². The summed E-state index contributed by atoms with van der Waals surface area (Å²) in [7, 11) is -3.39. The third-order valence-electron chi connectivity index (χ3n) is 2.16. The van der Waals surface area contributed by atoms with Gasteiger partial charge in [-0.05, 0) is 31.0 Å². The molecule has 0 atom stereocenters. The lowest BCUT2D eigenvalue weighted by atomic mass is 10.2. The summed E-state index contributed by atoms with van der Waals surface area (Å²) in [6.45, 7) is 0. The fourth-order valence-corrected chi connectivity index (χ4v) is 2.87. The number of benzene rings is 1. The molecule has 18 heavy (non-hydrogen) atoms. The molecule has 0 spiro atoms. The quantitative estimate of drug-likeness (QED) is 0.649. The molecule has 0 aliphatic rings. The Hall–Kier alpha value is -0.960. The minimum absolute atomic E-state index is 0.0113. The van der Waals surface area contributed by atoms with Crippen LogP contribution >= 0.6 is 23.2 Å². The predicted molar refractivity (Wildman–Crippen MR) is 73.5 cm³/mol. The van der Waals surface area contributed by atoms with E-state index in [4.69, 9.17) is 28.5 Å². The summed E-state index contributed by atoms with van der Waals surface area (Å²) in [6.07, 6.45) is 1.15. The van der Waals surface area contributed by atoms with Gasteiger partial charge in [-0.1, -0.05) is 11.6 Å². The predicted octanol–water partition coefficient (Wildman–Crippen LogP) is 2.97. The van der Waals surface area contributed by atoms with E-state index in [1.807, 2.05) is 6.07 Å². The molecule has 0 saturated carbocycles. The van der Waals surface area contributed by atoms with Gasteiger partial charge < -0.3 is 0 Å². The summed E-state index contributed by atoms with van der Waals surface area (Å²) in [5.41, 5.74) is 0.659. The first-order chi connectivity index (χ1) is 8.48. The third-order valence-corrected chi connectivity index (χ3v) is 4.11. The molecule has 0 amide bonds. The van der Waals surface area contributed by atoms with Crippen LogP contribution in [0.5, 0.6) is 0 Å². The van der Waals surface area contributed by atoms with Gasteiger partial charge in [0.05, 0.1) is 22.0 Å². The second kappa shape index (κ2) is 6.83. The molecule has 0 bridgehead atoms. The van der Waals surface area contributed by atoms with Crippen LogP contribution in [0.4, 0.5) is 5.69 Å². The summed E-state index contributed by atoms with van der Waals surface area (Å²) in [5.74, 6) is 0.454. The average Bonchev–Trinajstić information content (AvgIpc) is 2.29. The van der Waals surface area contributed by atoms with Crippen LogP contribution in [0.2, 0.25) is 5.02 Å². The van der Waals surface area contributed by atoms with Crippen LogP contribution in [0, 0.1) is 11.3 Å². The van der Waals surface area contributed by atoms with Crippen molar-refractivity contribution in [1.29, 1.82) is 5.26 Å². The Morgan fingerprint density at radius 1 is 1.33 bits per heavy atom. The molecule has 1 aromatic carbocycles. The number of hydrogen-bond donors (Lipinski definition) is 1. The molecule has 7 heteroatoms. The van der Waals surface area contributed by atoms with Gasteiger partial charge in [-0.2, -0.15) is 5.26 Å². The summed E-state index contributed by atoms with van der Waals surface area (Å²) in [6, 6.07) is 6.29. The zero-order valence-corrected chi connectivity index (χ0v) is 11.8. The molecule has 0 radical (unpaired) electrons. The highest BCUT2D eigenvalue weighted by atomic mass is 35.5. The van der Waals surface area contributed by atoms with Gasteiger partial charge in [0, 0.05) is 5.88 Å². The number of alkyl halides is 1. The summed E-state index contributed by atoms with van der Waals surface area (Å²) in [4.78, 5) is 0. The molecular weight excluding hydrogens is 295 g/mol. The first kappa shape index (κ1) is 15.1. The number of rotatable bonds is 6. The highest BCUT2D eigenvalue weighted by Crippen LogP contribution is 2.21. The summed E-state index contributed by atoms with van der Waals surface area (Å²) < 4.78 is 25.8. The molecule has 1 rings (SSSR count). The van der Waals surface area contributed by atoms with Crippen molar-refractivity contribution < 1.29 is 8.42 Å². The molecule has 0 fully saturated rings. The molecule has 0 heterocycles. The van der Waals surface area contributed by atoms with Crippen LogP contribution in [0.15, 0.2) is 18.2 Å².